The first kappa shape index (κ1) is 14.3. The van der Waals surface area contributed by atoms with Gasteiger partial charge in [-0.1, -0.05) is 17.7 Å². The number of nitriles is 1. The van der Waals surface area contributed by atoms with E-state index in [0.717, 1.165) is 0 Å². The van der Waals surface area contributed by atoms with Crippen LogP contribution in [-0.4, -0.2) is 11.7 Å². The minimum Gasteiger partial charge on any atom is -0.444 e. The van der Waals surface area contributed by atoms with Crippen LogP contribution in [0.15, 0.2) is 18.2 Å². The second kappa shape index (κ2) is 5.74. The minimum atomic E-state index is -0.540. The molecule has 0 radical (unpaired) electrons. The molecule has 0 aliphatic rings. The van der Waals surface area contributed by atoms with Gasteiger partial charge in [0.2, 0.25) is 0 Å². The molecule has 0 saturated heterocycles. The van der Waals surface area contributed by atoms with Crippen molar-refractivity contribution in [3.8, 4) is 6.07 Å². The molecule has 1 aromatic carbocycles. The summed E-state index contributed by atoms with van der Waals surface area (Å²) in [6, 6.07) is 6.98. The zero-order chi connectivity index (χ0) is 13.8. The van der Waals surface area contributed by atoms with Crippen molar-refractivity contribution in [1.82, 2.24) is 5.32 Å². The van der Waals surface area contributed by atoms with Crippen LogP contribution in [-0.2, 0) is 11.3 Å². The standard InChI is InChI=1S/C13H15ClN2O2/c1-13(2,3)18-12(17)16-8-9-4-5-11(14)6-10(9)7-15/h4-6H,8H2,1-3H3,(H,16,17). The fourth-order valence-electron chi connectivity index (χ4n) is 1.29. The van der Waals surface area contributed by atoms with Gasteiger partial charge in [0.25, 0.3) is 0 Å². The molecule has 1 aromatic rings. The fraction of sp³-hybridized carbons (Fsp3) is 0.385. The van der Waals surface area contributed by atoms with Crippen molar-refractivity contribution in [2.24, 2.45) is 0 Å². The first-order chi connectivity index (χ1) is 8.31. The zero-order valence-corrected chi connectivity index (χ0v) is 11.3. The second-order valence-electron chi connectivity index (χ2n) is 4.77. The molecule has 0 heterocycles. The zero-order valence-electron chi connectivity index (χ0n) is 10.6. The van der Waals surface area contributed by atoms with E-state index in [1.807, 2.05) is 6.07 Å². The van der Waals surface area contributed by atoms with Crippen molar-refractivity contribution < 1.29 is 9.53 Å². The summed E-state index contributed by atoms with van der Waals surface area (Å²) in [7, 11) is 0. The van der Waals surface area contributed by atoms with Crippen LogP contribution >= 0.6 is 11.6 Å². The Hall–Kier alpha value is -1.73. The molecule has 1 rings (SSSR count). The molecular formula is C13H15ClN2O2. The van der Waals surface area contributed by atoms with Crippen molar-refractivity contribution in [2.45, 2.75) is 32.9 Å². The molecule has 4 nitrogen and oxygen atoms in total. The van der Waals surface area contributed by atoms with Crippen LogP contribution in [0.4, 0.5) is 4.79 Å². The molecule has 0 aliphatic carbocycles. The maximum absolute atomic E-state index is 11.5. The van der Waals surface area contributed by atoms with Gasteiger partial charge in [-0.05, 0) is 38.5 Å². The molecule has 0 aromatic heterocycles. The molecule has 18 heavy (non-hydrogen) atoms. The van der Waals surface area contributed by atoms with Crippen molar-refractivity contribution in [1.29, 1.82) is 5.26 Å². The Bertz CT molecular complexity index is 487. The number of ether oxygens (including phenoxy) is 1. The fourth-order valence-corrected chi connectivity index (χ4v) is 1.46. The van der Waals surface area contributed by atoms with Crippen LogP contribution in [0, 0.1) is 11.3 Å². The molecule has 96 valence electrons. The van der Waals surface area contributed by atoms with E-state index in [0.29, 0.717) is 16.1 Å². The van der Waals surface area contributed by atoms with Gasteiger partial charge in [0.05, 0.1) is 11.6 Å². The van der Waals surface area contributed by atoms with Gasteiger partial charge in [0.1, 0.15) is 5.60 Å². The van der Waals surface area contributed by atoms with Crippen LogP contribution in [0.25, 0.3) is 0 Å². The number of nitrogens with zero attached hydrogens (tertiary/aromatic N) is 1. The van der Waals surface area contributed by atoms with Gasteiger partial charge in [0.15, 0.2) is 0 Å². The molecule has 0 atom stereocenters. The van der Waals surface area contributed by atoms with E-state index in [9.17, 15) is 4.79 Å². The molecule has 0 fully saturated rings. The highest BCUT2D eigenvalue weighted by atomic mass is 35.5. The smallest absolute Gasteiger partial charge is 0.407 e. The minimum absolute atomic E-state index is 0.231. The topological polar surface area (TPSA) is 62.1 Å². The van der Waals surface area contributed by atoms with Crippen LogP contribution in [0.3, 0.4) is 0 Å². The van der Waals surface area contributed by atoms with Gasteiger partial charge in [-0.3, -0.25) is 0 Å². The van der Waals surface area contributed by atoms with Crippen molar-refractivity contribution in [3.63, 3.8) is 0 Å². The van der Waals surface area contributed by atoms with Crippen molar-refractivity contribution in [2.75, 3.05) is 0 Å². The number of hydrogen-bond acceptors (Lipinski definition) is 3. The van der Waals surface area contributed by atoms with Gasteiger partial charge >= 0.3 is 6.09 Å². The molecule has 0 unspecified atom stereocenters. The number of benzene rings is 1. The summed E-state index contributed by atoms with van der Waals surface area (Å²) in [5.74, 6) is 0. The quantitative estimate of drug-likeness (QED) is 0.894. The number of amides is 1. The summed E-state index contributed by atoms with van der Waals surface area (Å²) >= 11 is 5.78. The Morgan fingerprint density at radius 3 is 2.72 bits per heavy atom. The average Bonchev–Trinajstić information content (AvgIpc) is 2.24. The Morgan fingerprint density at radius 1 is 1.50 bits per heavy atom. The van der Waals surface area contributed by atoms with E-state index < -0.39 is 11.7 Å². The first-order valence-electron chi connectivity index (χ1n) is 5.47. The maximum Gasteiger partial charge on any atom is 0.407 e. The van der Waals surface area contributed by atoms with E-state index in [4.69, 9.17) is 21.6 Å². The van der Waals surface area contributed by atoms with Gasteiger partial charge in [-0.25, -0.2) is 4.79 Å². The van der Waals surface area contributed by atoms with Gasteiger partial charge in [0, 0.05) is 11.6 Å². The molecule has 0 bridgehead atoms. The van der Waals surface area contributed by atoms with Gasteiger partial charge in [-0.2, -0.15) is 5.26 Å². The first-order valence-corrected chi connectivity index (χ1v) is 5.85. The van der Waals surface area contributed by atoms with Crippen molar-refractivity contribution in [3.05, 3.63) is 34.3 Å². The molecule has 0 saturated carbocycles. The normalized spacial score (nSPS) is 10.6. The van der Waals surface area contributed by atoms with Crippen molar-refractivity contribution >= 4 is 17.7 Å². The molecule has 1 N–H and O–H groups in total. The third-order valence-electron chi connectivity index (χ3n) is 2.01. The largest absolute Gasteiger partial charge is 0.444 e. The summed E-state index contributed by atoms with van der Waals surface area (Å²) in [6.07, 6.45) is -0.513. The van der Waals surface area contributed by atoms with Crippen LogP contribution in [0.5, 0.6) is 0 Å². The molecule has 1 amide bonds. The third-order valence-corrected chi connectivity index (χ3v) is 2.25. The number of hydrogen-bond donors (Lipinski definition) is 1. The lowest BCUT2D eigenvalue weighted by Crippen LogP contribution is -2.32. The highest BCUT2D eigenvalue weighted by Crippen LogP contribution is 2.15. The van der Waals surface area contributed by atoms with Crippen LogP contribution < -0.4 is 5.32 Å². The van der Waals surface area contributed by atoms with Gasteiger partial charge in [-0.15, -0.1) is 0 Å². The number of carbonyl (C=O) groups is 1. The summed E-state index contributed by atoms with van der Waals surface area (Å²) in [5.41, 5.74) is 0.605. The van der Waals surface area contributed by atoms with E-state index >= 15 is 0 Å². The molecular weight excluding hydrogens is 252 g/mol. The highest BCUT2D eigenvalue weighted by molar-refractivity contribution is 6.30. The summed E-state index contributed by atoms with van der Waals surface area (Å²) < 4.78 is 5.10. The Kier molecular flexibility index (Phi) is 4.57. The Morgan fingerprint density at radius 2 is 2.17 bits per heavy atom. The number of carbonyl (C=O) groups excluding carboxylic acids is 1. The lowest BCUT2D eigenvalue weighted by atomic mass is 10.1. The van der Waals surface area contributed by atoms with Crippen LogP contribution in [0.2, 0.25) is 5.02 Å². The molecule has 5 heteroatoms. The Balaban J connectivity index is 2.65. The highest BCUT2D eigenvalue weighted by Gasteiger charge is 2.16. The predicted octanol–water partition coefficient (Wildman–Crippen LogP) is 3.24. The number of alkyl carbamates (subject to hydrolysis) is 1. The lowest BCUT2D eigenvalue weighted by Gasteiger charge is -2.19. The van der Waals surface area contributed by atoms with E-state index in [1.54, 1.807) is 39.0 Å². The molecule has 0 spiro atoms. The summed E-state index contributed by atoms with van der Waals surface area (Å²) in [5, 5.41) is 12.0. The SMILES string of the molecule is CC(C)(C)OC(=O)NCc1ccc(Cl)cc1C#N. The van der Waals surface area contributed by atoms with E-state index in [-0.39, 0.29) is 6.54 Å². The van der Waals surface area contributed by atoms with E-state index in [2.05, 4.69) is 5.32 Å². The average molecular weight is 267 g/mol. The summed E-state index contributed by atoms with van der Waals surface area (Å²) in [4.78, 5) is 11.5. The Labute approximate surface area is 112 Å². The van der Waals surface area contributed by atoms with Crippen LogP contribution in [0.1, 0.15) is 31.9 Å². The lowest BCUT2D eigenvalue weighted by molar-refractivity contribution is 0.0523. The predicted molar refractivity (Wildman–Crippen MR) is 69.2 cm³/mol. The van der Waals surface area contributed by atoms with Gasteiger partial charge < -0.3 is 10.1 Å². The number of halogens is 1. The third kappa shape index (κ3) is 4.64. The monoisotopic (exact) mass is 266 g/mol. The van der Waals surface area contributed by atoms with E-state index in [1.165, 1.54) is 0 Å². The second-order valence-corrected chi connectivity index (χ2v) is 5.21. The number of nitrogens with one attached hydrogen (secondary N) is 1. The molecule has 0 aliphatic heterocycles. The number of rotatable bonds is 2. The maximum atomic E-state index is 11.5. The summed E-state index contributed by atoms with van der Waals surface area (Å²) in [6.45, 7) is 5.59.